The Labute approximate surface area is 134 Å². The van der Waals surface area contributed by atoms with Crippen molar-refractivity contribution >= 4 is 17.2 Å². The predicted molar refractivity (Wildman–Crippen MR) is 92.2 cm³/mol. The molecular weight excluding hydrogens is 290 g/mol. The summed E-state index contributed by atoms with van der Waals surface area (Å²) in [5.74, 6) is 0. The summed E-state index contributed by atoms with van der Waals surface area (Å²) in [6, 6.07) is 14.6. The SMILES string of the molecule is CCCn1sc(=Nc2ccc(C)cc2)cc1-c1ccncc1. The van der Waals surface area contributed by atoms with Gasteiger partial charge in [-0.15, -0.1) is 0 Å². The maximum absolute atomic E-state index is 4.75. The number of aromatic nitrogens is 2. The summed E-state index contributed by atoms with van der Waals surface area (Å²) in [5.41, 5.74) is 4.64. The highest BCUT2D eigenvalue weighted by molar-refractivity contribution is 7.04. The second kappa shape index (κ2) is 6.71. The molecule has 1 aromatic carbocycles. The van der Waals surface area contributed by atoms with Gasteiger partial charge in [-0.2, -0.15) is 0 Å². The molecule has 2 aromatic heterocycles. The number of aryl methyl sites for hydroxylation is 2. The number of benzene rings is 1. The van der Waals surface area contributed by atoms with Crippen molar-refractivity contribution in [2.24, 2.45) is 4.99 Å². The van der Waals surface area contributed by atoms with Gasteiger partial charge in [0, 0.05) is 30.6 Å². The van der Waals surface area contributed by atoms with Crippen LogP contribution in [0.15, 0.2) is 59.9 Å². The fourth-order valence-electron chi connectivity index (χ4n) is 2.30. The molecular formula is C18H19N3S. The highest BCUT2D eigenvalue weighted by Gasteiger charge is 2.06. The van der Waals surface area contributed by atoms with E-state index in [1.807, 2.05) is 24.5 Å². The second-order valence-electron chi connectivity index (χ2n) is 5.24. The van der Waals surface area contributed by atoms with Crippen molar-refractivity contribution in [2.75, 3.05) is 0 Å². The van der Waals surface area contributed by atoms with E-state index in [1.165, 1.54) is 16.8 Å². The molecule has 22 heavy (non-hydrogen) atoms. The first kappa shape index (κ1) is 14.7. The first-order valence-corrected chi connectivity index (χ1v) is 8.26. The van der Waals surface area contributed by atoms with E-state index in [1.54, 1.807) is 11.5 Å². The Bertz CT molecular complexity index is 798. The number of rotatable bonds is 4. The lowest BCUT2D eigenvalue weighted by molar-refractivity contribution is 0.737. The Kier molecular flexibility index (Phi) is 4.49. The molecule has 112 valence electrons. The number of hydrogen-bond acceptors (Lipinski definition) is 3. The molecule has 0 aliphatic heterocycles. The number of nitrogens with zero attached hydrogens (tertiary/aromatic N) is 3. The lowest BCUT2D eigenvalue weighted by Gasteiger charge is -2.05. The van der Waals surface area contributed by atoms with Crippen LogP contribution >= 0.6 is 11.5 Å². The summed E-state index contributed by atoms with van der Waals surface area (Å²) >= 11 is 1.71. The lowest BCUT2D eigenvalue weighted by Crippen LogP contribution is -1.95. The minimum atomic E-state index is 0.997. The van der Waals surface area contributed by atoms with Gasteiger partial charge in [-0.1, -0.05) is 24.6 Å². The van der Waals surface area contributed by atoms with E-state index in [2.05, 4.69) is 53.1 Å². The zero-order valence-corrected chi connectivity index (χ0v) is 13.7. The molecule has 4 heteroatoms. The second-order valence-corrected chi connectivity index (χ2v) is 6.29. The van der Waals surface area contributed by atoms with Crippen LogP contribution in [0.4, 0.5) is 5.69 Å². The van der Waals surface area contributed by atoms with Gasteiger partial charge in [0.15, 0.2) is 0 Å². The molecule has 0 amide bonds. The minimum Gasteiger partial charge on any atom is -0.296 e. The van der Waals surface area contributed by atoms with Gasteiger partial charge in [0.25, 0.3) is 0 Å². The van der Waals surface area contributed by atoms with Crippen molar-refractivity contribution in [3.63, 3.8) is 0 Å². The van der Waals surface area contributed by atoms with Gasteiger partial charge in [0.05, 0.1) is 11.4 Å². The van der Waals surface area contributed by atoms with E-state index in [9.17, 15) is 0 Å². The molecule has 0 saturated heterocycles. The van der Waals surface area contributed by atoms with Gasteiger partial charge in [-0.25, -0.2) is 4.99 Å². The minimum absolute atomic E-state index is 0.997. The summed E-state index contributed by atoms with van der Waals surface area (Å²) in [7, 11) is 0. The number of pyridine rings is 1. The third kappa shape index (κ3) is 3.34. The standard InChI is InChI=1S/C18H19N3S/c1-3-12-21-17(15-8-10-19-11-9-15)13-18(22-21)20-16-6-4-14(2)5-7-16/h4-11,13H,3,12H2,1-2H3. The molecule has 3 aromatic rings. The van der Waals surface area contributed by atoms with Crippen LogP contribution in [-0.2, 0) is 6.54 Å². The molecule has 0 saturated carbocycles. The molecule has 0 aliphatic rings. The molecule has 3 rings (SSSR count). The van der Waals surface area contributed by atoms with E-state index < -0.39 is 0 Å². The predicted octanol–water partition coefficient (Wildman–Crippen LogP) is 4.56. The van der Waals surface area contributed by atoms with Gasteiger partial charge >= 0.3 is 0 Å². The van der Waals surface area contributed by atoms with E-state index >= 15 is 0 Å². The smallest absolute Gasteiger partial charge is 0.135 e. The molecule has 3 nitrogen and oxygen atoms in total. The van der Waals surface area contributed by atoms with Gasteiger partial charge in [-0.05, 0) is 49.1 Å². The van der Waals surface area contributed by atoms with E-state index in [0.717, 1.165) is 23.3 Å². The van der Waals surface area contributed by atoms with Crippen LogP contribution in [0.3, 0.4) is 0 Å². The number of hydrogen-bond donors (Lipinski definition) is 0. The first-order valence-electron chi connectivity index (χ1n) is 7.49. The van der Waals surface area contributed by atoms with Crippen LogP contribution in [0.2, 0.25) is 0 Å². The summed E-state index contributed by atoms with van der Waals surface area (Å²) in [6.45, 7) is 5.29. The highest BCUT2D eigenvalue weighted by Crippen LogP contribution is 2.20. The average Bonchev–Trinajstić information content (AvgIpc) is 2.93. The Morgan fingerprint density at radius 2 is 1.82 bits per heavy atom. The van der Waals surface area contributed by atoms with Crippen molar-refractivity contribution in [1.82, 2.24) is 8.94 Å². The van der Waals surface area contributed by atoms with E-state index in [0.29, 0.717) is 0 Å². The van der Waals surface area contributed by atoms with Gasteiger partial charge in [0.1, 0.15) is 4.67 Å². The maximum atomic E-state index is 4.75. The normalized spacial score (nSPS) is 11.8. The van der Waals surface area contributed by atoms with Crippen molar-refractivity contribution in [3.8, 4) is 11.3 Å². The zero-order chi connectivity index (χ0) is 15.4. The van der Waals surface area contributed by atoms with Crippen LogP contribution in [0, 0.1) is 6.92 Å². The van der Waals surface area contributed by atoms with Crippen molar-refractivity contribution in [1.29, 1.82) is 0 Å². The molecule has 2 heterocycles. The molecule has 0 N–H and O–H groups in total. The summed E-state index contributed by atoms with van der Waals surface area (Å²) in [5, 5.41) is 0. The fourth-order valence-corrected chi connectivity index (χ4v) is 3.36. The lowest BCUT2D eigenvalue weighted by atomic mass is 10.2. The van der Waals surface area contributed by atoms with Crippen LogP contribution in [0.25, 0.3) is 11.3 Å². The van der Waals surface area contributed by atoms with Gasteiger partial charge in [0.2, 0.25) is 0 Å². The Balaban J connectivity index is 2.05. The summed E-state index contributed by atoms with van der Waals surface area (Å²) < 4.78 is 3.34. The van der Waals surface area contributed by atoms with E-state index in [-0.39, 0.29) is 0 Å². The summed E-state index contributed by atoms with van der Waals surface area (Å²) in [4.78, 5) is 8.85. The van der Waals surface area contributed by atoms with Crippen molar-refractivity contribution in [2.45, 2.75) is 26.8 Å². The fraction of sp³-hybridized carbons (Fsp3) is 0.222. The van der Waals surface area contributed by atoms with Crippen LogP contribution in [0.1, 0.15) is 18.9 Å². The third-order valence-corrected chi connectivity index (χ3v) is 4.40. The first-order chi connectivity index (χ1) is 10.8. The van der Waals surface area contributed by atoms with Crippen LogP contribution in [0.5, 0.6) is 0 Å². The van der Waals surface area contributed by atoms with Crippen LogP contribution in [-0.4, -0.2) is 8.94 Å². The van der Waals surface area contributed by atoms with Gasteiger partial charge < -0.3 is 0 Å². The third-order valence-electron chi connectivity index (χ3n) is 3.41. The molecule has 0 radical (unpaired) electrons. The Morgan fingerprint density at radius 3 is 2.50 bits per heavy atom. The average molecular weight is 309 g/mol. The Hall–Kier alpha value is -2.20. The largest absolute Gasteiger partial charge is 0.296 e. The molecule has 0 aliphatic carbocycles. The zero-order valence-electron chi connectivity index (χ0n) is 12.9. The molecule has 0 bridgehead atoms. The Morgan fingerprint density at radius 1 is 1.09 bits per heavy atom. The molecule has 0 spiro atoms. The maximum Gasteiger partial charge on any atom is 0.135 e. The van der Waals surface area contributed by atoms with Gasteiger partial charge in [-0.3, -0.25) is 8.94 Å². The monoisotopic (exact) mass is 309 g/mol. The van der Waals surface area contributed by atoms with E-state index in [4.69, 9.17) is 4.99 Å². The highest BCUT2D eigenvalue weighted by atomic mass is 32.1. The molecule has 0 atom stereocenters. The molecule has 0 unspecified atom stereocenters. The quantitative estimate of drug-likeness (QED) is 0.694. The van der Waals surface area contributed by atoms with Crippen LogP contribution < -0.4 is 4.67 Å². The van der Waals surface area contributed by atoms with Crippen molar-refractivity contribution < 1.29 is 0 Å². The molecule has 0 fully saturated rings. The summed E-state index contributed by atoms with van der Waals surface area (Å²) in [6.07, 6.45) is 4.77. The topological polar surface area (TPSA) is 30.2 Å². The van der Waals surface area contributed by atoms with Crippen molar-refractivity contribution in [3.05, 3.63) is 65.1 Å².